The van der Waals surface area contributed by atoms with E-state index in [9.17, 15) is 13.2 Å². The number of carbonyl (C=O) groups excluding carboxylic acids is 1. The Labute approximate surface area is 155 Å². The molecule has 1 saturated carbocycles. The molecule has 7 heteroatoms. The molecule has 140 valence electrons. The topological polar surface area (TPSA) is 90.3 Å². The number of hydrogen-bond acceptors (Lipinski definition) is 4. The van der Waals surface area contributed by atoms with Crippen molar-refractivity contribution in [1.29, 1.82) is 5.26 Å². The Morgan fingerprint density at radius 3 is 2.77 bits per heavy atom. The van der Waals surface area contributed by atoms with Crippen LogP contribution in [0.3, 0.4) is 0 Å². The molecule has 2 unspecified atom stereocenters. The van der Waals surface area contributed by atoms with Gasteiger partial charge in [0.25, 0.3) is 5.91 Å². The number of rotatable bonds is 5. The molecule has 1 saturated heterocycles. The summed E-state index contributed by atoms with van der Waals surface area (Å²) in [6.45, 7) is 1.59. The fourth-order valence-electron chi connectivity index (χ4n) is 4.09. The molecule has 1 aliphatic carbocycles. The Bertz CT molecular complexity index is 800. The molecule has 2 aliphatic rings. The van der Waals surface area contributed by atoms with Crippen molar-refractivity contribution in [3.8, 4) is 6.07 Å². The number of benzene rings is 1. The van der Waals surface area contributed by atoms with Crippen molar-refractivity contribution in [1.82, 2.24) is 9.62 Å². The van der Waals surface area contributed by atoms with E-state index in [0.29, 0.717) is 11.5 Å². The second kappa shape index (κ2) is 8.19. The number of piperidine rings is 1. The molecule has 0 aromatic heterocycles. The first-order chi connectivity index (χ1) is 12.5. The molecule has 1 aromatic rings. The third-order valence-corrected chi connectivity index (χ3v) is 6.96. The number of hydrogen-bond donors (Lipinski definition) is 1. The summed E-state index contributed by atoms with van der Waals surface area (Å²) in [7, 11) is -3.71. The van der Waals surface area contributed by atoms with Crippen molar-refractivity contribution < 1.29 is 13.2 Å². The summed E-state index contributed by atoms with van der Waals surface area (Å²) in [6, 6.07) is 8.07. The summed E-state index contributed by atoms with van der Waals surface area (Å²) in [6.07, 6.45) is 6.15. The van der Waals surface area contributed by atoms with Gasteiger partial charge in [-0.05, 0) is 42.9 Å². The van der Waals surface area contributed by atoms with Crippen molar-refractivity contribution in [2.45, 2.75) is 43.4 Å². The van der Waals surface area contributed by atoms with Gasteiger partial charge in [-0.25, -0.2) is 13.1 Å². The second-order valence-electron chi connectivity index (χ2n) is 7.18. The first-order valence-corrected chi connectivity index (χ1v) is 10.8. The number of nitriles is 1. The Morgan fingerprint density at radius 2 is 2.00 bits per heavy atom. The standard InChI is InChI=1S/C19H25N3O3S/c20-10-4-11-21-26(24,25)18-8-3-7-16(13-18)19(23)22-12-9-15-5-1-2-6-17(15)14-22/h3,7-8,13,15,17,21H,1-2,4-6,9,11-12,14H2. The van der Waals surface area contributed by atoms with Gasteiger partial charge >= 0.3 is 0 Å². The van der Waals surface area contributed by atoms with Crippen LogP contribution in [-0.4, -0.2) is 38.9 Å². The maximum absolute atomic E-state index is 12.9. The van der Waals surface area contributed by atoms with Crippen molar-refractivity contribution in [3.63, 3.8) is 0 Å². The molecule has 0 radical (unpaired) electrons. The van der Waals surface area contributed by atoms with Gasteiger partial charge in [-0.1, -0.05) is 25.3 Å². The van der Waals surface area contributed by atoms with Crippen LogP contribution in [0, 0.1) is 23.2 Å². The normalized spacial score (nSPS) is 23.1. The smallest absolute Gasteiger partial charge is 0.253 e. The fourth-order valence-corrected chi connectivity index (χ4v) is 5.17. The highest BCUT2D eigenvalue weighted by molar-refractivity contribution is 7.89. The Balaban J connectivity index is 1.71. The van der Waals surface area contributed by atoms with Gasteiger partial charge in [-0.3, -0.25) is 4.79 Å². The number of sulfonamides is 1. The maximum atomic E-state index is 12.9. The summed E-state index contributed by atoms with van der Waals surface area (Å²) in [5.74, 6) is 1.23. The Morgan fingerprint density at radius 1 is 1.23 bits per heavy atom. The van der Waals surface area contributed by atoms with Gasteiger partial charge in [0.15, 0.2) is 0 Å². The first-order valence-electron chi connectivity index (χ1n) is 9.27. The van der Waals surface area contributed by atoms with Gasteiger partial charge in [-0.15, -0.1) is 0 Å². The monoisotopic (exact) mass is 375 g/mol. The zero-order valence-corrected chi connectivity index (χ0v) is 15.7. The minimum atomic E-state index is -3.71. The Kier molecular flexibility index (Phi) is 5.94. The summed E-state index contributed by atoms with van der Waals surface area (Å²) in [5.41, 5.74) is 0.405. The van der Waals surface area contributed by atoms with Gasteiger partial charge in [-0.2, -0.15) is 5.26 Å². The molecule has 1 aromatic carbocycles. The van der Waals surface area contributed by atoms with Crippen LogP contribution in [0.15, 0.2) is 29.2 Å². The third-order valence-electron chi connectivity index (χ3n) is 5.50. The number of amides is 1. The van der Waals surface area contributed by atoms with Crippen molar-refractivity contribution in [2.75, 3.05) is 19.6 Å². The molecule has 0 spiro atoms. The quantitative estimate of drug-likeness (QED) is 0.801. The number of fused-ring (bicyclic) bond motifs is 1. The minimum Gasteiger partial charge on any atom is -0.338 e. The van der Waals surface area contributed by atoms with Crippen LogP contribution in [0.2, 0.25) is 0 Å². The largest absolute Gasteiger partial charge is 0.338 e. The number of carbonyl (C=O) groups is 1. The summed E-state index contributed by atoms with van der Waals surface area (Å²) in [4.78, 5) is 14.8. The second-order valence-corrected chi connectivity index (χ2v) is 8.95. The van der Waals surface area contributed by atoms with E-state index in [1.54, 1.807) is 12.1 Å². The molecular weight excluding hydrogens is 350 g/mol. The van der Waals surface area contributed by atoms with Crippen molar-refractivity contribution >= 4 is 15.9 Å². The van der Waals surface area contributed by atoms with Gasteiger partial charge in [0.2, 0.25) is 10.0 Å². The van der Waals surface area contributed by atoms with Crippen molar-refractivity contribution in [2.24, 2.45) is 11.8 Å². The maximum Gasteiger partial charge on any atom is 0.253 e. The highest BCUT2D eigenvalue weighted by Gasteiger charge is 2.33. The zero-order chi connectivity index (χ0) is 18.6. The molecule has 1 N–H and O–H groups in total. The lowest BCUT2D eigenvalue weighted by Crippen LogP contribution is -2.44. The lowest BCUT2D eigenvalue weighted by molar-refractivity contribution is 0.0520. The van der Waals surface area contributed by atoms with E-state index in [0.717, 1.165) is 25.4 Å². The lowest BCUT2D eigenvalue weighted by Gasteiger charge is -2.41. The molecule has 2 fully saturated rings. The molecule has 1 amide bonds. The van der Waals surface area contributed by atoms with E-state index < -0.39 is 10.0 Å². The highest BCUT2D eigenvalue weighted by Crippen LogP contribution is 2.36. The SMILES string of the molecule is N#CCCNS(=O)(=O)c1cccc(C(=O)N2CCC3CCCCC3C2)c1. The molecule has 1 aliphatic heterocycles. The van der Waals surface area contributed by atoms with Crippen LogP contribution < -0.4 is 4.72 Å². The predicted molar refractivity (Wildman–Crippen MR) is 97.8 cm³/mol. The van der Waals surface area contributed by atoms with Crippen LogP contribution in [-0.2, 0) is 10.0 Å². The van der Waals surface area contributed by atoms with E-state index in [4.69, 9.17) is 5.26 Å². The Hall–Kier alpha value is -1.91. The van der Waals surface area contributed by atoms with Crippen LogP contribution in [0.25, 0.3) is 0 Å². The minimum absolute atomic E-state index is 0.0617. The van der Waals surface area contributed by atoms with E-state index >= 15 is 0 Å². The molecule has 0 bridgehead atoms. The van der Waals surface area contributed by atoms with Gasteiger partial charge < -0.3 is 4.90 Å². The van der Waals surface area contributed by atoms with E-state index in [1.165, 1.54) is 37.8 Å². The molecule has 3 rings (SSSR count). The van der Waals surface area contributed by atoms with E-state index in [2.05, 4.69) is 4.72 Å². The molecule has 2 atom stereocenters. The third kappa shape index (κ3) is 4.25. The van der Waals surface area contributed by atoms with E-state index in [1.807, 2.05) is 11.0 Å². The average molecular weight is 375 g/mol. The van der Waals surface area contributed by atoms with Crippen LogP contribution in [0.1, 0.15) is 48.9 Å². The molecule has 26 heavy (non-hydrogen) atoms. The molecule has 6 nitrogen and oxygen atoms in total. The number of nitrogens with one attached hydrogen (secondary N) is 1. The van der Waals surface area contributed by atoms with Crippen LogP contribution in [0.5, 0.6) is 0 Å². The predicted octanol–water partition coefficient (Wildman–Crippen LogP) is 2.53. The summed E-state index contributed by atoms with van der Waals surface area (Å²) in [5, 5.41) is 8.54. The summed E-state index contributed by atoms with van der Waals surface area (Å²) < 4.78 is 27.0. The van der Waals surface area contributed by atoms with Crippen molar-refractivity contribution in [3.05, 3.63) is 29.8 Å². The first kappa shape index (κ1) is 18.9. The zero-order valence-electron chi connectivity index (χ0n) is 14.9. The van der Waals surface area contributed by atoms with Crippen LogP contribution >= 0.6 is 0 Å². The van der Waals surface area contributed by atoms with Crippen LogP contribution in [0.4, 0.5) is 0 Å². The van der Waals surface area contributed by atoms with Gasteiger partial charge in [0, 0.05) is 31.6 Å². The van der Waals surface area contributed by atoms with E-state index in [-0.39, 0.29) is 23.8 Å². The number of likely N-dealkylation sites (tertiary alicyclic amines) is 1. The number of nitrogens with zero attached hydrogens (tertiary/aromatic N) is 2. The molecular formula is C19H25N3O3S. The average Bonchev–Trinajstić information content (AvgIpc) is 2.67. The molecule has 1 heterocycles. The lowest BCUT2D eigenvalue weighted by atomic mass is 9.75. The fraction of sp³-hybridized carbons (Fsp3) is 0.579. The van der Waals surface area contributed by atoms with Gasteiger partial charge in [0.1, 0.15) is 0 Å². The van der Waals surface area contributed by atoms with Gasteiger partial charge in [0.05, 0.1) is 11.0 Å². The highest BCUT2D eigenvalue weighted by atomic mass is 32.2. The summed E-state index contributed by atoms with van der Waals surface area (Å²) >= 11 is 0.